The summed E-state index contributed by atoms with van der Waals surface area (Å²) in [5, 5.41) is 0. The third-order valence-electron chi connectivity index (χ3n) is 5.94. The van der Waals surface area contributed by atoms with Crippen LogP contribution in [0.1, 0.15) is 28.1 Å². The van der Waals surface area contributed by atoms with Crippen molar-refractivity contribution in [2.24, 2.45) is 0 Å². The number of rotatable bonds is 2. The molecule has 122 valence electrons. The van der Waals surface area contributed by atoms with E-state index in [2.05, 4.69) is 67.6 Å². The minimum atomic E-state index is -2.37. The van der Waals surface area contributed by atoms with E-state index in [1.54, 1.807) is 25.1 Å². The van der Waals surface area contributed by atoms with Crippen LogP contribution in [0.3, 0.4) is 0 Å². The fraction of sp³-hybridized carbons (Fsp3) is 0.238. The maximum atomic E-state index is 2.42. The van der Waals surface area contributed by atoms with E-state index in [9.17, 15) is 0 Å². The third-order valence-corrected chi connectivity index (χ3v) is 24.3. The van der Waals surface area contributed by atoms with Crippen molar-refractivity contribution < 1.29 is 44.8 Å². The summed E-state index contributed by atoms with van der Waals surface area (Å²) in [7, 11) is 0. The number of hydrogen-bond acceptors (Lipinski definition) is 0. The summed E-state index contributed by atoms with van der Waals surface area (Å²) < 4.78 is 5.83. The molecule has 2 aliphatic carbocycles. The molecule has 0 N–H and O–H groups in total. The van der Waals surface area contributed by atoms with Crippen LogP contribution in [0.15, 0.2) is 69.6 Å². The van der Waals surface area contributed by atoms with Crippen molar-refractivity contribution in [3.8, 4) is 11.1 Å². The zero-order chi connectivity index (χ0) is 14.7. The second-order valence-electron chi connectivity index (χ2n) is 7.03. The quantitative estimate of drug-likeness (QED) is 0.489. The molecule has 0 nitrogen and oxygen atoms in total. The van der Waals surface area contributed by atoms with Gasteiger partial charge in [0.2, 0.25) is 0 Å². The molecule has 5 rings (SSSR count). The van der Waals surface area contributed by atoms with Crippen LogP contribution in [0.4, 0.5) is 0 Å². The number of fused-ring (bicyclic) bond motifs is 3. The molecular weight excluding hydrogens is 502 g/mol. The van der Waals surface area contributed by atoms with Crippen LogP contribution in [0.2, 0.25) is 8.35 Å². The van der Waals surface area contributed by atoms with E-state index < -0.39 is 20.0 Å². The number of hydrogen-bond donors (Lipinski definition) is 0. The Hall–Kier alpha value is -0.630. The fourth-order valence-electron chi connectivity index (χ4n) is 4.86. The van der Waals surface area contributed by atoms with Gasteiger partial charge in [-0.2, -0.15) is 0 Å². The topological polar surface area (TPSA) is 0 Å². The van der Waals surface area contributed by atoms with Crippen LogP contribution in [0.5, 0.6) is 0 Å². The summed E-state index contributed by atoms with van der Waals surface area (Å²) in [6, 6.07) is 18.4. The molecule has 3 heteroatoms. The Balaban J connectivity index is 0.000000845. The zero-order valence-corrected chi connectivity index (χ0v) is 18.8. The van der Waals surface area contributed by atoms with Crippen molar-refractivity contribution in [2.45, 2.75) is 25.4 Å². The Morgan fingerprint density at radius 1 is 0.833 bits per heavy atom. The summed E-state index contributed by atoms with van der Waals surface area (Å²) in [6.45, 7) is 2.35. The van der Waals surface area contributed by atoms with Crippen molar-refractivity contribution >= 4 is 0 Å². The van der Waals surface area contributed by atoms with E-state index in [4.69, 9.17) is 0 Å². The van der Waals surface area contributed by atoms with Gasteiger partial charge in [-0.05, 0) is 0 Å². The SMILES string of the molecule is CC1=[C]([Hf+2]2([CH]3c4ccccc4-c4ccccc43)[CH2][CH2]2)CC=C1.[Cl-].[Cl-]. The minimum Gasteiger partial charge on any atom is -1.00 e. The first-order valence-corrected chi connectivity index (χ1v) is 17.3. The molecule has 2 aromatic carbocycles. The largest absolute Gasteiger partial charge is 1.00 e. The number of halogens is 2. The van der Waals surface area contributed by atoms with E-state index in [1.165, 1.54) is 17.5 Å². The molecule has 0 spiro atoms. The van der Waals surface area contributed by atoms with E-state index in [-0.39, 0.29) is 24.8 Å². The second-order valence-corrected chi connectivity index (χ2v) is 23.2. The summed E-state index contributed by atoms with van der Waals surface area (Å²) in [6.07, 6.45) is 6.04. The summed E-state index contributed by atoms with van der Waals surface area (Å²) in [5.41, 5.74) is 7.93. The van der Waals surface area contributed by atoms with Gasteiger partial charge in [-0.25, -0.2) is 0 Å². The average molecular weight is 522 g/mol. The molecule has 0 aromatic heterocycles. The van der Waals surface area contributed by atoms with Gasteiger partial charge in [0, 0.05) is 0 Å². The normalized spacial score (nSPS) is 18.0. The standard InChI is InChI=1S/C13H9.C6H7.C2H4.2ClH.Hf/c1-3-7-12-10(5-1)9-11-6-2-4-8-13(11)12;1-6-4-2-3-5-6;1-2;;;/h1-9H;2,4H,3H2,1H3;1-2H2;2*1H;/q;;;;;+2/p-2. The monoisotopic (exact) mass is 522 g/mol. The molecule has 1 heterocycles. The molecular formula is C21H20Cl2Hf. The minimum absolute atomic E-state index is 0. The molecule has 1 saturated heterocycles. The Bertz CT molecular complexity index is 801. The molecule has 1 aliphatic heterocycles. The van der Waals surface area contributed by atoms with Crippen molar-refractivity contribution in [3.63, 3.8) is 0 Å². The third kappa shape index (κ3) is 2.43. The van der Waals surface area contributed by atoms with E-state index in [1.807, 2.05) is 3.33 Å². The molecule has 0 atom stereocenters. The van der Waals surface area contributed by atoms with Crippen LogP contribution in [0.25, 0.3) is 11.1 Å². The van der Waals surface area contributed by atoms with Gasteiger partial charge in [-0.1, -0.05) is 0 Å². The molecule has 2 aromatic rings. The molecule has 0 radical (unpaired) electrons. The van der Waals surface area contributed by atoms with Gasteiger partial charge in [0.25, 0.3) is 0 Å². The molecule has 0 amide bonds. The molecule has 1 fully saturated rings. The van der Waals surface area contributed by atoms with E-state index in [0.29, 0.717) is 0 Å². The van der Waals surface area contributed by atoms with Crippen LogP contribution >= 0.6 is 0 Å². The van der Waals surface area contributed by atoms with Gasteiger partial charge in [-0.15, -0.1) is 0 Å². The summed E-state index contributed by atoms with van der Waals surface area (Å²) in [5.74, 6) is 0. The molecule has 0 saturated carbocycles. The average Bonchev–Trinajstić information content (AvgIpc) is 3.09. The van der Waals surface area contributed by atoms with Crippen molar-refractivity contribution in [3.05, 3.63) is 80.7 Å². The van der Waals surface area contributed by atoms with Crippen molar-refractivity contribution in [1.29, 1.82) is 0 Å². The van der Waals surface area contributed by atoms with E-state index in [0.717, 1.165) is 3.67 Å². The molecule has 0 bridgehead atoms. The Kier molecular flexibility index (Phi) is 4.99. The van der Waals surface area contributed by atoms with Gasteiger partial charge in [0.15, 0.2) is 0 Å². The van der Waals surface area contributed by atoms with Crippen molar-refractivity contribution in [1.82, 2.24) is 0 Å². The first-order valence-electron chi connectivity index (χ1n) is 8.36. The summed E-state index contributed by atoms with van der Waals surface area (Å²) in [4.78, 5) is 0. The van der Waals surface area contributed by atoms with Gasteiger partial charge in [0.1, 0.15) is 0 Å². The smallest absolute Gasteiger partial charge is 1.00 e. The van der Waals surface area contributed by atoms with Crippen LogP contribution < -0.4 is 24.8 Å². The van der Waals surface area contributed by atoms with Gasteiger partial charge in [-0.3, -0.25) is 0 Å². The molecule has 3 aliphatic rings. The maximum Gasteiger partial charge on any atom is -1.00 e. The molecule has 0 unspecified atom stereocenters. The Labute approximate surface area is 161 Å². The first-order chi connectivity index (χ1) is 10.8. The predicted molar refractivity (Wildman–Crippen MR) is 89.8 cm³/mol. The van der Waals surface area contributed by atoms with Crippen molar-refractivity contribution in [2.75, 3.05) is 0 Å². The second kappa shape index (κ2) is 6.59. The summed E-state index contributed by atoms with van der Waals surface area (Å²) >= 11 is -2.37. The zero-order valence-electron chi connectivity index (χ0n) is 13.7. The van der Waals surface area contributed by atoms with Gasteiger partial charge >= 0.3 is 137 Å². The van der Waals surface area contributed by atoms with Crippen LogP contribution in [0, 0.1) is 0 Å². The fourth-order valence-corrected chi connectivity index (χ4v) is 30.3. The Morgan fingerprint density at radius 2 is 1.38 bits per heavy atom. The predicted octanol–water partition coefficient (Wildman–Crippen LogP) is 0.00240. The first kappa shape index (κ1) is 18.2. The van der Waals surface area contributed by atoms with Gasteiger partial charge in [0.05, 0.1) is 0 Å². The van der Waals surface area contributed by atoms with Gasteiger partial charge < -0.3 is 24.8 Å². The van der Waals surface area contributed by atoms with E-state index >= 15 is 0 Å². The number of allylic oxidation sites excluding steroid dienone is 4. The maximum absolute atomic E-state index is 2.42. The molecule has 24 heavy (non-hydrogen) atoms. The Morgan fingerprint density at radius 3 is 1.83 bits per heavy atom. The van der Waals surface area contributed by atoms with Crippen LogP contribution in [-0.2, 0) is 20.0 Å². The number of benzene rings is 2. The van der Waals surface area contributed by atoms with Crippen LogP contribution in [-0.4, -0.2) is 0 Å².